The van der Waals surface area contributed by atoms with Crippen LogP contribution in [0.5, 0.6) is 0 Å². The van der Waals surface area contributed by atoms with Gasteiger partial charge in [-0.15, -0.1) is 0 Å². The van der Waals surface area contributed by atoms with Crippen LogP contribution in [0.15, 0.2) is 0 Å². The van der Waals surface area contributed by atoms with Crippen molar-refractivity contribution >= 4 is 142 Å². The van der Waals surface area contributed by atoms with E-state index in [1.807, 2.05) is 0 Å². The minimum atomic E-state index is 0.906. The average Bonchev–Trinajstić information content (AvgIpc) is 3.62. The Hall–Kier alpha value is 4.53. The zero-order valence-electron chi connectivity index (χ0n) is 19.3. The van der Waals surface area contributed by atoms with E-state index >= 15 is 0 Å². The third kappa shape index (κ3) is 17.1. The number of thioether (sulfide) groups is 7. The molecule has 0 aromatic rings. The molecule has 4 saturated heterocycles. The van der Waals surface area contributed by atoms with E-state index in [0.717, 1.165) is 91.3 Å². The van der Waals surface area contributed by atoms with Gasteiger partial charge in [-0.25, -0.2) is 0 Å². The summed E-state index contributed by atoms with van der Waals surface area (Å²) in [5.74, 6) is 11.7. The van der Waals surface area contributed by atoms with Gasteiger partial charge in [-0.1, -0.05) is 0 Å². The topological polar surface area (TPSA) is 0 Å². The summed E-state index contributed by atoms with van der Waals surface area (Å²) >= 11 is 19.6. The maximum atomic E-state index is 2.37. The second-order valence-electron chi connectivity index (χ2n) is 8.57. The molecule has 192 valence electrons. The zero-order valence-corrected chi connectivity index (χ0v) is 31.8. The molecule has 6 atom stereocenters. The fraction of sp³-hybridized carbons (Fsp3) is 1.00. The van der Waals surface area contributed by atoms with Crippen molar-refractivity contribution in [1.29, 1.82) is 0 Å². The van der Waals surface area contributed by atoms with Crippen molar-refractivity contribution in [1.82, 2.24) is 0 Å². The van der Waals surface area contributed by atoms with Crippen molar-refractivity contribution < 1.29 is 0 Å². The number of hydrogen-bond donors (Lipinski definition) is 0. The molecule has 0 nitrogen and oxygen atoms in total. The molecule has 4 aliphatic heterocycles. The van der Waals surface area contributed by atoms with Gasteiger partial charge in [0.15, 0.2) is 0 Å². The van der Waals surface area contributed by atoms with Crippen LogP contribution in [0, 0.1) is 0 Å². The van der Waals surface area contributed by atoms with Gasteiger partial charge in [-0.05, 0) is 0 Å². The van der Waals surface area contributed by atoms with Gasteiger partial charge < -0.3 is 0 Å². The first-order chi connectivity index (χ1) is 16.3. The first kappa shape index (κ1) is 30.5. The SMILES string of the molecule is C(C[Se]CC1CS1)SC(CSCC(C[Se]CC1CS1)SCC[Se]CC1CS1)C[Se]CC1CS1. The van der Waals surface area contributed by atoms with Crippen LogP contribution in [0.25, 0.3) is 0 Å². The van der Waals surface area contributed by atoms with Gasteiger partial charge in [0, 0.05) is 0 Å². The first-order valence-electron chi connectivity index (χ1n) is 11.9. The summed E-state index contributed by atoms with van der Waals surface area (Å²) in [5, 5.41) is 18.6. The van der Waals surface area contributed by atoms with Crippen molar-refractivity contribution in [2.75, 3.05) is 46.0 Å². The van der Waals surface area contributed by atoms with Gasteiger partial charge in [0.05, 0.1) is 0 Å². The fourth-order valence-corrected chi connectivity index (χ4v) is 25.3. The molecule has 0 amide bonds. The molecule has 6 unspecified atom stereocenters. The van der Waals surface area contributed by atoms with Crippen molar-refractivity contribution in [2.24, 2.45) is 0 Å². The Kier molecular flexibility index (Phi) is 17.4. The molecule has 0 spiro atoms. The predicted octanol–water partition coefficient (Wildman–Crippen LogP) is 6.55. The molecule has 0 saturated carbocycles. The molecule has 11 heteroatoms. The second-order valence-corrected chi connectivity index (χ2v) is 27.1. The molecule has 33 heavy (non-hydrogen) atoms. The van der Waals surface area contributed by atoms with Crippen molar-refractivity contribution in [3.63, 3.8) is 0 Å². The van der Waals surface area contributed by atoms with E-state index in [0.29, 0.717) is 0 Å². The molecule has 0 bridgehead atoms. The van der Waals surface area contributed by atoms with Crippen molar-refractivity contribution in [3.05, 3.63) is 0 Å². The van der Waals surface area contributed by atoms with Crippen LogP contribution < -0.4 is 0 Å². The molecule has 0 aliphatic carbocycles. The average molecular weight is 843 g/mol. The van der Waals surface area contributed by atoms with E-state index in [-0.39, 0.29) is 0 Å². The molecule has 4 aliphatic rings. The molecular weight excluding hydrogens is 805 g/mol. The fourth-order valence-electron chi connectivity index (χ4n) is 2.92. The Morgan fingerprint density at radius 2 is 0.939 bits per heavy atom. The normalized spacial score (nSPS) is 29.1. The number of rotatable bonds is 24. The van der Waals surface area contributed by atoms with E-state index in [9.17, 15) is 0 Å². The standard InChI is InChI=1S/C22H38S7Se4/c1(3-30-11-19-7-26-19)24-17(13-32-15-21-9-28-21)5-23-6-18(14-33-16-22-10-29-22)25-2-4-31-12-20-8-27-20/h17-22H,1-16H2. The van der Waals surface area contributed by atoms with E-state index < -0.39 is 0 Å². The van der Waals surface area contributed by atoms with Gasteiger partial charge in [0.1, 0.15) is 0 Å². The quantitative estimate of drug-likeness (QED) is 0.0608. The predicted molar refractivity (Wildman–Crippen MR) is 176 cm³/mol. The third-order valence-electron chi connectivity index (χ3n) is 5.20. The summed E-state index contributed by atoms with van der Waals surface area (Å²) in [6.07, 6.45) is 0. The maximum absolute atomic E-state index is 2.37. The van der Waals surface area contributed by atoms with Crippen molar-refractivity contribution in [2.45, 2.75) is 74.1 Å². The summed E-state index contributed by atoms with van der Waals surface area (Å²) in [6.45, 7) is 0. The van der Waals surface area contributed by atoms with E-state index in [4.69, 9.17) is 0 Å². The van der Waals surface area contributed by atoms with E-state index in [2.05, 4.69) is 82.3 Å². The second kappa shape index (κ2) is 18.8. The molecular formula is C22H38S7Se4. The monoisotopic (exact) mass is 846 g/mol. The molecule has 4 rings (SSSR count). The van der Waals surface area contributed by atoms with Gasteiger partial charge in [-0.3, -0.25) is 0 Å². The Bertz CT molecular complexity index is 475. The molecule has 0 aromatic heterocycles. The molecule has 4 heterocycles. The summed E-state index contributed by atoms with van der Waals surface area (Å²) in [7, 11) is 0. The Morgan fingerprint density at radius 1 is 0.576 bits per heavy atom. The van der Waals surface area contributed by atoms with Gasteiger partial charge in [0.25, 0.3) is 0 Å². The van der Waals surface area contributed by atoms with Crippen LogP contribution in [0.2, 0.25) is 42.6 Å². The molecule has 4 fully saturated rings. The van der Waals surface area contributed by atoms with Crippen LogP contribution in [0.4, 0.5) is 0 Å². The Morgan fingerprint density at radius 3 is 1.30 bits per heavy atom. The van der Waals surface area contributed by atoms with E-state index in [1.165, 1.54) is 56.7 Å². The van der Waals surface area contributed by atoms with Gasteiger partial charge in [0.2, 0.25) is 0 Å². The summed E-state index contributed by atoms with van der Waals surface area (Å²) < 4.78 is 0. The van der Waals surface area contributed by atoms with Crippen LogP contribution in [-0.2, 0) is 0 Å². The Balaban J connectivity index is 1.09. The van der Waals surface area contributed by atoms with Crippen LogP contribution >= 0.6 is 82.3 Å². The zero-order chi connectivity index (χ0) is 22.6. The first-order valence-corrected chi connectivity index (χ1v) is 29.1. The van der Waals surface area contributed by atoms with Crippen LogP contribution in [0.3, 0.4) is 0 Å². The van der Waals surface area contributed by atoms with Crippen LogP contribution in [-0.4, -0.2) is 137 Å². The van der Waals surface area contributed by atoms with E-state index in [1.54, 1.807) is 31.9 Å². The molecule has 0 N–H and O–H groups in total. The summed E-state index contributed by atoms with van der Waals surface area (Å²) in [4.78, 5) is 0. The Labute approximate surface area is 258 Å². The van der Waals surface area contributed by atoms with Crippen molar-refractivity contribution in [3.8, 4) is 0 Å². The molecule has 0 aromatic carbocycles. The van der Waals surface area contributed by atoms with Gasteiger partial charge in [-0.2, -0.15) is 0 Å². The summed E-state index contributed by atoms with van der Waals surface area (Å²) in [6, 6.07) is 0. The number of hydrogen-bond acceptors (Lipinski definition) is 7. The molecule has 0 radical (unpaired) electrons. The summed E-state index contributed by atoms with van der Waals surface area (Å²) in [5.41, 5.74) is 0. The minimum absolute atomic E-state index is 0.906. The van der Waals surface area contributed by atoms with Crippen LogP contribution in [0.1, 0.15) is 0 Å². The van der Waals surface area contributed by atoms with Gasteiger partial charge >= 0.3 is 262 Å². The third-order valence-corrected chi connectivity index (χ3v) is 27.4.